The van der Waals surface area contributed by atoms with Crippen LogP contribution in [-0.2, 0) is 32.1 Å². The van der Waals surface area contributed by atoms with Crippen LogP contribution in [0.5, 0.6) is 0 Å². The van der Waals surface area contributed by atoms with Crippen molar-refractivity contribution < 1.29 is 32.8 Å². The van der Waals surface area contributed by atoms with Crippen molar-refractivity contribution in [2.24, 2.45) is 17.8 Å². The summed E-state index contributed by atoms with van der Waals surface area (Å²) in [6, 6.07) is 1.40. The smallest absolute Gasteiger partial charge is 0.287 e. The normalized spacial score (nSPS) is 23.4. The maximum absolute atomic E-state index is 14.4. The van der Waals surface area contributed by atoms with Crippen molar-refractivity contribution in [3.63, 3.8) is 0 Å². The van der Waals surface area contributed by atoms with E-state index in [2.05, 4.69) is 28.2 Å². The van der Waals surface area contributed by atoms with E-state index in [-0.39, 0.29) is 54.6 Å². The highest BCUT2D eigenvalue weighted by Crippen LogP contribution is 2.44. The predicted molar refractivity (Wildman–Crippen MR) is 176 cm³/mol. The number of Topliss-reactive ketones (excluding diaryl/α,β-unsaturated/α-hetero) is 1. The van der Waals surface area contributed by atoms with Crippen LogP contribution in [0.1, 0.15) is 85.7 Å². The second kappa shape index (κ2) is 15.1. The molecule has 48 heavy (non-hydrogen) atoms. The molecular weight excluding hydrogens is 621 g/mol. The highest BCUT2D eigenvalue weighted by molar-refractivity contribution is 6.36. The predicted octanol–water partition coefficient (Wildman–Crippen LogP) is 3.21. The van der Waals surface area contributed by atoms with Gasteiger partial charge in [0, 0.05) is 36.8 Å². The standard InChI is InChI=1S/C35H44FN5O7/c1-4-21-14-20-15-22(17-23(36)16-20)30(21)40-29(43)18-41-13-7-9-26(35(41)47)39-32(44)25(11-12-27(42)33(45)37-3)38-34(46)31-19(2)24-8-5-6-10-28(24)48-31/h6-7,9-10,13,20-23,25,30H,4-5,8,11-12,14-18H2,1-3H3,(H,37,45)(H,38,46)(H,39,44)(H,40,43)/t20?,21?,22?,23?,25-,30?/m0/s1. The summed E-state index contributed by atoms with van der Waals surface area (Å²) in [5.41, 5.74) is 0.756. The summed E-state index contributed by atoms with van der Waals surface area (Å²) in [4.78, 5) is 77.5. The lowest BCUT2D eigenvalue weighted by Gasteiger charge is -2.46. The van der Waals surface area contributed by atoms with Gasteiger partial charge in [-0.3, -0.25) is 28.8 Å². The van der Waals surface area contributed by atoms with Gasteiger partial charge in [-0.25, -0.2) is 4.39 Å². The quantitative estimate of drug-likeness (QED) is 0.253. The van der Waals surface area contributed by atoms with Gasteiger partial charge in [-0.15, -0.1) is 0 Å². The van der Waals surface area contributed by atoms with E-state index in [0.29, 0.717) is 36.5 Å². The Kier molecular flexibility index (Phi) is 11.0. The monoisotopic (exact) mass is 665 g/mol. The Bertz CT molecular complexity index is 1660. The Labute approximate surface area is 278 Å². The molecule has 0 saturated heterocycles. The van der Waals surface area contributed by atoms with E-state index in [9.17, 15) is 33.2 Å². The highest BCUT2D eigenvalue weighted by atomic mass is 19.1. The number of fused-ring (bicyclic) bond motifs is 3. The summed E-state index contributed by atoms with van der Waals surface area (Å²) < 4.78 is 21.3. The Balaban J connectivity index is 1.29. The number of rotatable bonds is 12. The number of nitrogens with zero attached hydrogens (tertiary/aromatic N) is 1. The van der Waals surface area contributed by atoms with Gasteiger partial charge in [-0.05, 0) is 87.8 Å². The lowest BCUT2D eigenvalue weighted by Crippen LogP contribution is -2.52. The van der Waals surface area contributed by atoms with Gasteiger partial charge in [0.2, 0.25) is 17.6 Å². The first-order valence-corrected chi connectivity index (χ1v) is 16.8. The van der Waals surface area contributed by atoms with Crippen LogP contribution >= 0.6 is 0 Å². The molecule has 2 bridgehead atoms. The fraction of sp³-hybridized carbons (Fsp3) is 0.543. The van der Waals surface area contributed by atoms with Gasteiger partial charge in [0.15, 0.2) is 5.76 Å². The number of carbonyl (C=O) groups excluding carboxylic acids is 5. The van der Waals surface area contributed by atoms with Gasteiger partial charge in [0.25, 0.3) is 17.4 Å². The number of alkyl halides is 1. The molecule has 0 aliphatic heterocycles. The molecule has 0 aromatic carbocycles. The molecule has 2 heterocycles. The number of anilines is 1. The third-order valence-electron chi connectivity index (χ3n) is 9.98. The van der Waals surface area contributed by atoms with Gasteiger partial charge in [0.05, 0.1) is 0 Å². The molecule has 6 atom stereocenters. The molecule has 5 rings (SSSR count). The molecule has 2 fully saturated rings. The van der Waals surface area contributed by atoms with Crippen LogP contribution in [0.15, 0.2) is 33.6 Å². The van der Waals surface area contributed by atoms with Crippen molar-refractivity contribution in [1.29, 1.82) is 0 Å². The average Bonchev–Trinajstić information content (AvgIpc) is 3.41. The molecule has 2 aromatic heterocycles. The molecule has 0 spiro atoms. The van der Waals surface area contributed by atoms with Crippen molar-refractivity contribution in [3.8, 4) is 0 Å². The fourth-order valence-corrected chi connectivity index (χ4v) is 7.54. The van der Waals surface area contributed by atoms with Gasteiger partial charge in [0.1, 0.15) is 30.2 Å². The van der Waals surface area contributed by atoms with Crippen LogP contribution in [0.3, 0.4) is 0 Å². The van der Waals surface area contributed by atoms with E-state index < -0.39 is 41.3 Å². The molecule has 2 aromatic rings. The second-order valence-corrected chi connectivity index (χ2v) is 13.2. The van der Waals surface area contributed by atoms with Crippen molar-refractivity contribution in [2.75, 3.05) is 12.4 Å². The Morgan fingerprint density at radius 3 is 2.65 bits per heavy atom. The van der Waals surface area contributed by atoms with E-state index >= 15 is 0 Å². The zero-order chi connectivity index (χ0) is 34.5. The summed E-state index contributed by atoms with van der Waals surface area (Å²) in [6.07, 6.45) is 8.84. The number of allylic oxidation sites excluding steroid dienone is 1. The Morgan fingerprint density at radius 1 is 1.12 bits per heavy atom. The number of aromatic nitrogens is 1. The zero-order valence-electron chi connectivity index (χ0n) is 27.6. The van der Waals surface area contributed by atoms with Crippen LogP contribution in [0.2, 0.25) is 0 Å². The SMILES string of the molecule is CCC1CC2CC(F)CC(C2)C1NC(=O)Cn1cccc(NC(=O)[C@H](CCC(=O)C(=O)NC)NC(=O)c2oc3c(c2C)CCC=C3)c1=O. The second-order valence-electron chi connectivity index (χ2n) is 13.2. The van der Waals surface area contributed by atoms with Crippen LogP contribution in [0.4, 0.5) is 10.1 Å². The Hall–Kier alpha value is -4.55. The third kappa shape index (κ3) is 7.77. The summed E-state index contributed by atoms with van der Waals surface area (Å²) in [7, 11) is 1.31. The van der Waals surface area contributed by atoms with Crippen molar-refractivity contribution in [2.45, 2.75) is 96.4 Å². The fourth-order valence-electron chi connectivity index (χ4n) is 7.54. The molecule has 4 N–H and O–H groups in total. The van der Waals surface area contributed by atoms with E-state index in [0.717, 1.165) is 31.2 Å². The minimum Gasteiger partial charge on any atom is -0.451 e. The maximum Gasteiger partial charge on any atom is 0.287 e. The number of ketones is 1. The summed E-state index contributed by atoms with van der Waals surface area (Å²) >= 11 is 0. The molecule has 5 unspecified atom stereocenters. The molecule has 4 amide bonds. The van der Waals surface area contributed by atoms with Gasteiger partial charge >= 0.3 is 0 Å². The average molecular weight is 666 g/mol. The maximum atomic E-state index is 14.4. The zero-order valence-corrected chi connectivity index (χ0v) is 27.6. The molecule has 3 aliphatic rings. The van der Waals surface area contributed by atoms with Crippen LogP contribution in [0, 0.1) is 24.7 Å². The first kappa shape index (κ1) is 34.8. The number of furan rings is 1. The van der Waals surface area contributed by atoms with E-state index in [1.54, 1.807) is 13.0 Å². The molecule has 258 valence electrons. The summed E-state index contributed by atoms with van der Waals surface area (Å²) in [6.45, 7) is 3.52. The molecule has 12 nitrogen and oxygen atoms in total. The molecule has 13 heteroatoms. The minimum absolute atomic E-state index is 0.0316. The lowest BCUT2D eigenvalue weighted by molar-refractivity contribution is -0.137. The van der Waals surface area contributed by atoms with Crippen molar-refractivity contribution in [3.05, 3.63) is 57.4 Å². The number of amides is 4. The first-order chi connectivity index (χ1) is 23.0. The molecule has 0 radical (unpaired) electrons. The van der Waals surface area contributed by atoms with E-state index in [1.165, 1.54) is 29.9 Å². The number of nitrogens with one attached hydrogen (secondary N) is 4. The number of likely N-dealkylation sites (N-methyl/N-ethyl adjacent to an activating group) is 1. The number of halogens is 1. The number of carbonyl (C=O) groups is 5. The lowest BCUT2D eigenvalue weighted by atomic mass is 9.64. The number of hydrogen-bond acceptors (Lipinski definition) is 7. The molecule has 3 aliphatic carbocycles. The van der Waals surface area contributed by atoms with Crippen LogP contribution < -0.4 is 26.8 Å². The van der Waals surface area contributed by atoms with Gasteiger partial charge in [-0.2, -0.15) is 0 Å². The van der Waals surface area contributed by atoms with E-state index in [1.807, 2.05) is 6.08 Å². The van der Waals surface area contributed by atoms with Gasteiger partial charge in [-0.1, -0.05) is 19.4 Å². The van der Waals surface area contributed by atoms with Crippen LogP contribution in [0.25, 0.3) is 6.08 Å². The Morgan fingerprint density at radius 2 is 1.92 bits per heavy atom. The third-order valence-corrected chi connectivity index (χ3v) is 9.98. The van der Waals surface area contributed by atoms with Crippen molar-refractivity contribution >= 4 is 41.2 Å². The minimum atomic E-state index is -1.31. The number of pyridine rings is 1. The summed E-state index contributed by atoms with van der Waals surface area (Å²) in [5.74, 6) is -2.24. The topological polar surface area (TPSA) is 169 Å². The largest absolute Gasteiger partial charge is 0.451 e. The van der Waals surface area contributed by atoms with E-state index in [4.69, 9.17) is 4.42 Å². The highest BCUT2D eigenvalue weighted by Gasteiger charge is 2.42. The number of hydrogen-bond donors (Lipinski definition) is 4. The first-order valence-electron chi connectivity index (χ1n) is 16.8. The summed E-state index contributed by atoms with van der Waals surface area (Å²) in [5, 5.41) is 10.4. The van der Waals surface area contributed by atoms with Crippen molar-refractivity contribution in [1.82, 2.24) is 20.5 Å². The van der Waals surface area contributed by atoms with Crippen LogP contribution in [-0.4, -0.2) is 59.3 Å². The molecule has 2 saturated carbocycles. The molecular formula is C35H44FN5O7. The van der Waals surface area contributed by atoms with Gasteiger partial charge < -0.3 is 30.3 Å².